The highest BCUT2D eigenvalue weighted by Gasteiger charge is 2.25. The van der Waals surface area contributed by atoms with Gasteiger partial charge in [-0.2, -0.15) is 0 Å². The first-order valence-corrected chi connectivity index (χ1v) is 8.97. The lowest BCUT2D eigenvalue weighted by Crippen LogP contribution is -2.26. The van der Waals surface area contributed by atoms with Gasteiger partial charge in [-0.25, -0.2) is 13.1 Å². The number of hydrogen-bond donors (Lipinski definition) is 2. The van der Waals surface area contributed by atoms with Crippen molar-refractivity contribution in [1.82, 2.24) is 4.72 Å². The quantitative estimate of drug-likeness (QED) is 0.807. The van der Waals surface area contributed by atoms with Crippen molar-refractivity contribution < 1.29 is 17.9 Å². The van der Waals surface area contributed by atoms with Crippen molar-refractivity contribution in [3.05, 3.63) is 37.8 Å². The third-order valence-electron chi connectivity index (χ3n) is 2.50. The van der Waals surface area contributed by atoms with Crippen LogP contribution in [0.15, 0.2) is 32.2 Å². The molecule has 110 valence electrons. The average molecular weight is 401 g/mol. The fraction of sp³-hybridized carbons (Fsp3) is 0.273. The van der Waals surface area contributed by atoms with Crippen LogP contribution in [0.25, 0.3) is 0 Å². The first kappa shape index (κ1) is 16.0. The summed E-state index contributed by atoms with van der Waals surface area (Å²) in [5.41, 5.74) is 0. The molecule has 2 heterocycles. The van der Waals surface area contributed by atoms with Crippen LogP contribution in [0.4, 0.5) is 0 Å². The van der Waals surface area contributed by atoms with E-state index in [1.54, 1.807) is 19.1 Å². The third-order valence-corrected chi connectivity index (χ3v) is 6.32. The predicted octanol–water partition coefficient (Wildman–Crippen LogP) is 3.29. The largest absolute Gasteiger partial charge is 0.450 e. The molecule has 0 aliphatic carbocycles. The summed E-state index contributed by atoms with van der Waals surface area (Å²) in [6.45, 7) is 1.35. The molecule has 0 radical (unpaired) electrons. The van der Waals surface area contributed by atoms with Crippen LogP contribution < -0.4 is 4.72 Å². The van der Waals surface area contributed by atoms with Crippen LogP contribution in [0.5, 0.6) is 0 Å². The van der Waals surface area contributed by atoms with Crippen LogP contribution in [0.3, 0.4) is 0 Å². The zero-order valence-corrected chi connectivity index (χ0v) is 14.2. The lowest BCUT2D eigenvalue weighted by Gasteiger charge is -2.11. The van der Waals surface area contributed by atoms with Gasteiger partial charge >= 0.3 is 0 Å². The molecule has 0 aliphatic heterocycles. The highest BCUT2D eigenvalue weighted by molar-refractivity contribution is 9.10. The van der Waals surface area contributed by atoms with Gasteiger partial charge in [0.05, 0.1) is 10.4 Å². The number of thiophene rings is 1. The highest BCUT2D eigenvalue weighted by Crippen LogP contribution is 2.30. The summed E-state index contributed by atoms with van der Waals surface area (Å²) in [7, 11) is -3.76. The van der Waals surface area contributed by atoms with Crippen LogP contribution in [-0.2, 0) is 16.6 Å². The number of rotatable bonds is 5. The van der Waals surface area contributed by atoms with Crippen molar-refractivity contribution in [3.8, 4) is 0 Å². The van der Waals surface area contributed by atoms with E-state index in [9.17, 15) is 8.42 Å². The molecule has 2 aromatic rings. The van der Waals surface area contributed by atoms with Crippen molar-refractivity contribution in [1.29, 1.82) is 0 Å². The van der Waals surface area contributed by atoms with Crippen LogP contribution in [-0.4, -0.2) is 13.5 Å². The van der Waals surface area contributed by atoms with E-state index in [0.717, 1.165) is 4.88 Å². The molecular weight excluding hydrogens is 390 g/mol. The average Bonchev–Trinajstić information content (AvgIpc) is 2.95. The topological polar surface area (TPSA) is 79.5 Å². The Morgan fingerprint density at radius 3 is 2.75 bits per heavy atom. The number of halogens is 2. The standard InChI is InChI=1S/C11H11BrClNO4S2/c1-6(8-2-3-10(13)19-8)14-20(16,17)9-4-7(5-15)18-11(9)12/h2-4,6,14-15H,5H2,1H3. The monoisotopic (exact) mass is 399 g/mol. The third kappa shape index (κ3) is 3.44. The highest BCUT2D eigenvalue weighted by atomic mass is 79.9. The second-order valence-corrected chi connectivity index (χ2v) is 8.14. The van der Waals surface area contributed by atoms with Crippen LogP contribution in [0.2, 0.25) is 4.34 Å². The molecule has 0 amide bonds. The molecule has 1 atom stereocenters. The molecule has 0 aromatic carbocycles. The first-order chi connectivity index (χ1) is 9.33. The summed E-state index contributed by atoms with van der Waals surface area (Å²) in [6, 6.07) is 4.34. The SMILES string of the molecule is CC(NS(=O)(=O)c1cc(CO)oc1Br)c1ccc(Cl)s1. The Morgan fingerprint density at radius 2 is 2.25 bits per heavy atom. The lowest BCUT2D eigenvalue weighted by molar-refractivity contribution is 0.245. The van der Waals surface area contributed by atoms with Gasteiger partial charge in [0.15, 0.2) is 4.67 Å². The molecule has 20 heavy (non-hydrogen) atoms. The molecule has 5 nitrogen and oxygen atoms in total. The van der Waals surface area contributed by atoms with Crippen molar-refractivity contribution in [2.45, 2.75) is 24.5 Å². The maximum absolute atomic E-state index is 12.3. The summed E-state index contributed by atoms with van der Waals surface area (Å²) in [5, 5.41) is 8.96. The minimum absolute atomic E-state index is 0.0453. The van der Waals surface area contributed by atoms with Crippen molar-refractivity contribution in [2.75, 3.05) is 0 Å². The Kier molecular flexibility index (Phi) is 4.93. The maximum Gasteiger partial charge on any atom is 0.245 e. The van der Waals surface area contributed by atoms with E-state index in [-0.39, 0.29) is 21.9 Å². The van der Waals surface area contributed by atoms with Gasteiger partial charge in [-0.15, -0.1) is 11.3 Å². The number of hydrogen-bond acceptors (Lipinski definition) is 5. The predicted molar refractivity (Wildman–Crippen MR) is 80.4 cm³/mol. The van der Waals surface area contributed by atoms with E-state index in [0.29, 0.717) is 4.34 Å². The number of nitrogens with one attached hydrogen (secondary N) is 1. The summed E-state index contributed by atoms with van der Waals surface area (Å²) in [6.07, 6.45) is 0. The minimum Gasteiger partial charge on any atom is -0.450 e. The molecule has 0 spiro atoms. The molecule has 0 aliphatic rings. The van der Waals surface area contributed by atoms with Crippen LogP contribution in [0, 0.1) is 0 Å². The van der Waals surface area contributed by atoms with Gasteiger partial charge in [-0.1, -0.05) is 11.6 Å². The fourth-order valence-electron chi connectivity index (χ4n) is 1.57. The van der Waals surface area contributed by atoms with Gasteiger partial charge in [0.25, 0.3) is 0 Å². The Hall–Kier alpha value is -0.380. The number of furan rings is 1. The molecule has 1 unspecified atom stereocenters. The van der Waals surface area contributed by atoms with Crippen LogP contribution in [0.1, 0.15) is 23.6 Å². The Labute approximate surface area is 133 Å². The smallest absolute Gasteiger partial charge is 0.245 e. The molecule has 0 bridgehead atoms. The van der Waals surface area contributed by atoms with Gasteiger partial charge in [-0.05, 0) is 35.0 Å². The lowest BCUT2D eigenvalue weighted by atomic mass is 10.3. The normalized spacial score (nSPS) is 13.6. The minimum atomic E-state index is -3.76. The molecule has 2 N–H and O–H groups in total. The van der Waals surface area contributed by atoms with Crippen LogP contribution >= 0.6 is 38.9 Å². The van der Waals surface area contributed by atoms with Gasteiger partial charge in [0.2, 0.25) is 10.0 Å². The molecular formula is C11H11BrClNO4S2. The van der Waals surface area contributed by atoms with Gasteiger partial charge < -0.3 is 9.52 Å². The van der Waals surface area contributed by atoms with Crippen molar-refractivity contribution >= 4 is 48.9 Å². The second kappa shape index (κ2) is 6.17. The number of aliphatic hydroxyl groups excluding tert-OH is 1. The Balaban J connectivity index is 2.24. The summed E-state index contributed by atoms with van der Waals surface area (Å²) >= 11 is 10.2. The summed E-state index contributed by atoms with van der Waals surface area (Å²) in [4.78, 5) is 0.761. The molecule has 0 saturated heterocycles. The zero-order chi connectivity index (χ0) is 14.9. The van der Waals surface area contributed by atoms with Gasteiger partial charge in [-0.3, -0.25) is 0 Å². The molecule has 2 rings (SSSR count). The van der Waals surface area contributed by atoms with Crippen molar-refractivity contribution in [2.24, 2.45) is 0 Å². The maximum atomic E-state index is 12.3. The fourth-order valence-corrected chi connectivity index (χ4v) is 4.93. The second-order valence-electron chi connectivity index (χ2n) is 3.99. The van der Waals surface area contributed by atoms with E-state index in [2.05, 4.69) is 20.7 Å². The van der Waals surface area contributed by atoms with E-state index < -0.39 is 16.1 Å². The zero-order valence-electron chi connectivity index (χ0n) is 10.3. The Bertz CT molecular complexity index is 710. The number of sulfonamides is 1. The van der Waals surface area contributed by atoms with Gasteiger partial charge in [0, 0.05) is 10.9 Å². The van der Waals surface area contributed by atoms with E-state index in [1.807, 2.05) is 0 Å². The summed E-state index contributed by atoms with van der Waals surface area (Å²) in [5.74, 6) is 0.170. The van der Waals surface area contributed by atoms with E-state index in [1.165, 1.54) is 17.4 Å². The Morgan fingerprint density at radius 1 is 1.55 bits per heavy atom. The van der Waals surface area contributed by atoms with E-state index in [4.69, 9.17) is 21.1 Å². The number of aliphatic hydroxyl groups is 1. The van der Waals surface area contributed by atoms with Crippen molar-refractivity contribution in [3.63, 3.8) is 0 Å². The van der Waals surface area contributed by atoms with Gasteiger partial charge in [0.1, 0.15) is 17.3 Å². The molecule has 0 saturated carbocycles. The first-order valence-electron chi connectivity index (χ1n) is 5.50. The molecule has 0 fully saturated rings. The van der Waals surface area contributed by atoms with E-state index >= 15 is 0 Å². The summed E-state index contributed by atoms with van der Waals surface area (Å²) < 4.78 is 32.8. The molecule has 9 heteroatoms. The molecule has 2 aromatic heterocycles.